The second-order valence-corrected chi connectivity index (χ2v) is 5.80. The molecule has 1 aliphatic carbocycles. The van der Waals surface area contributed by atoms with Crippen LogP contribution < -0.4 is 14.8 Å². The molecule has 0 saturated heterocycles. The Hall–Kier alpha value is -1.97. The van der Waals surface area contributed by atoms with E-state index in [1.807, 2.05) is 24.3 Å². The van der Waals surface area contributed by atoms with Crippen molar-refractivity contribution in [2.75, 3.05) is 20.3 Å². The molecule has 0 bridgehead atoms. The molecule has 0 aromatic heterocycles. The van der Waals surface area contributed by atoms with Gasteiger partial charge in [0.15, 0.2) is 0 Å². The highest BCUT2D eigenvalue weighted by Crippen LogP contribution is 2.27. The molecule has 1 saturated carbocycles. The van der Waals surface area contributed by atoms with E-state index in [1.54, 1.807) is 13.2 Å². The second kappa shape index (κ2) is 8.47. The smallest absolute Gasteiger partial charge is 0.244 e. The molecule has 120 valence electrons. The first-order valence-corrected chi connectivity index (χ1v) is 7.91. The van der Waals surface area contributed by atoms with E-state index >= 15 is 0 Å². The van der Waals surface area contributed by atoms with Gasteiger partial charge in [-0.15, -0.1) is 0 Å². The molecular formula is C18H25NO3. The van der Waals surface area contributed by atoms with Gasteiger partial charge in [-0.1, -0.05) is 18.6 Å². The molecule has 0 heterocycles. The predicted octanol–water partition coefficient (Wildman–Crippen LogP) is 3.33. The van der Waals surface area contributed by atoms with Crippen molar-refractivity contribution in [2.24, 2.45) is 5.92 Å². The minimum Gasteiger partial charge on any atom is -0.497 e. The van der Waals surface area contributed by atoms with Gasteiger partial charge in [-0.2, -0.15) is 0 Å². The Balaban J connectivity index is 1.67. The summed E-state index contributed by atoms with van der Waals surface area (Å²) in [7, 11) is 1.62. The van der Waals surface area contributed by atoms with Crippen LogP contribution in [-0.4, -0.2) is 26.2 Å². The van der Waals surface area contributed by atoms with Gasteiger partial charge in [-0.25, -0.2) is 0 Å². The molecule has 1 aromatic carbocycles. The first-order valence-electron chi connectivity index (χ1n) is 7.91. The summed E-state index contributed by atoms with van der Waals surface area (Å²) in [5, 5.41) is 2.87. The van der Waals surface area contributed by atoms with Gasteiger partial charge in [-0.05, 0) is 43.7 Å². The largest absolute Gasteiger partial charge is 0.497 e. The highest BCUT2D eigenvalue weighted by Gasteiger charge is 2.13. The van der Waals surface area contributed by atoms with Gasteiger partial charge in [0, 0.05) is 12.1 Å². The summed E-state index contributed by atoms with van der Waals surface area (Å²) in [6.07, 6.45) is 6.25. The SMILES string of the molecule is COc1cccc(OCCNC(=O)C=C2CCC(C)CC2)c1. The van der Waals surface area contributed by atoms with Crippen LogP contribution in [0.3, 0.4) is 0 Å². The van der Waals surface area contributed by atoms with E-state index in [2.05, 4.69) is 12.2 Å². The minimum atomic E-state index is -0.0150. The van der Waals surface area contributed by atoms with E-state index in [-0.39, 0.29) is 5.91 Å². The summed E-state index contributed by atoms with van der Waals surface area (Å²) in [6.45, 7) is 3.21. The quantitative estimate of drug-likeness (QED) is 0.648. The number of carbonyl (C=O) groups is 1. The topological polar surface area (TPSA) is 47.6 Å². The maximum atomic E-state index is 11.8. The lowest BCUT2D eigenvalue weighted by Crippen LogP contribution is -2.27. The number of benzene rings is 1. The molecule has 4 nitrogen and oxygen atoms in total. The van der Waals surface area contributed by atoms with Crippen molar-refractivity contribution in [1.29, 1.82) is 0 Å². The number of hydrogen-bond donors (Lipinski definition) is 1. The summed E-state index contributed by atoms with van der Waals surface area (Å²) in [5.41, 5.74) is 1.27. The fraction of sp³-hybridized carbons (Fsp3) is 0.500. The Bertz CT molecular complexity index is 515. The van der Waals surface area contributed by atoms with Crippen LogP contribution in [0.15, 0.2) is 35.9 Å². The van der Waals surface area contributed by atoms with Crippen molar-refractivity contribution >= 4 is 5.91 Å². The van der Waals surface area contributed by atoms with Crippen molar-refractivity contribution in [3.05, 3.63) is 35.9 Å². The van der Waals surface area contributed by atoms with Gasteiger partial charge in [0.05, 0.1) is 13.7 Å². The van der Waals surface area contributed by atoms with E-state index in [4.69, 9.17) is 9.47 Å². The zero-order chi connectivity index (χ0) is 15.8. The molecule has 1 fully saturated rings. The lowest BCUT2D eigenvalue weighted by atomic mass is 9.87. The van der Waals surface area contributed by atoms with Crippen LogP contribution in [0.25, 0.3) is 0 Å². The molecule has 0 aliphatic heterocycles. The van der Waals surface area contributed by atoms with Crippen molar-refractivity contribution in [3.63, 3.8) is 0 Å². The molecule has 0 radical (unpaired) electrons. The zero-order valence-electron chi connectivity index (χ0n) is 13.4. The van der Waals surface area contributed by atoms with Crippen LogP contribution >= 0.6 is 0 Å². The summed E-state index contributed by atoms with van der Waals surface area (Å²) in [6, 6.07) is 7.44. The first-order chi connectivity index (χ1) is 10.7. The van der Waals surface area contributed by atoms with Crippen molar-refractivity contribution < 1.29 is 14.3 Å². The third-order valence-electron chi connectivity index (χ3n) is 3.96. The van der Waals surface area contributed by atoms with E-state index < -0.39 is 0 Å². The Kier molecular flexibility index (Phi) is 6.31. The average Bonchev–Trinajstić information content (AvgIpc) is 2.54. The lowest BCUT2D eigenvalue weighted by Gasteiger charge is -2.19. The molecule has 1 aromatic rings. The van der Waals surface area contributed by atoms with Gasteiger partial charge >= 0.3 is 0 Å². The van der Waals surface area contributed by atoms with Crippen LogP contribution in [0.2, 0.25) is 0 Å². The minimum absolute atomic E-state index is 0.0150. The standard InChI is InChI=1S/C18H25NO3/c1-14-6-8-15(9-7-14)12-18(20)19-10-11-22-17-5-3-4-16(13-17)21-2/h3-5,12-14H,6-11H2,1-2H3,(H,19,20). The molecule has 1 aliphatic rings. The van der Waals surface area contributed by atoms with E-state index in [0.717, 1.165) is 30.3 Å². The third kappa shape index (κ3) is 5.43. The van der Waals surface area contributed by atoms with Gasteiger partial charge in [0.25, 0.3) is 0 Å². The van der Waals surface area contributed by atoms with Crippen LogP contribution in [0.1, 0.15) is 32.6 Å². The molecule has 1 amide bonds. The number of ether oxygens (including phenoxy) is 2. The number of allylic oxidation sites excluding steroid dienone is 1. The predicted molar refractivity (Wildman–Crippen MR) is 87.2 cm³/mol. The normalized spacial score (nSPS) is 17.7. The van der Waals surface area contributed by atoms with Gasteiger partial charge < -0.3 is 14.8 Å². The number of carbonyl (C=O) groups excluding carboxylic acids is 1. The van der Waals surface area contributed by atoms with E-state index in [9.17, 15) is 4.79 Å². The van der Waals surface area contributed by atoms with Gasteiger partial charge in [0.1, 0.15) is 18.1 Å². The number of rotatable bonds is 6. The number of methoxy groups -OCH3 is 1. The van der Waals surface area contributed by atoms with Gasteiger partial charge in [0.2, 0.25) is 5.91 Å². The monoisotopic (exact) mass is 303 g/mol. The van der Waals surface area contributed by atoms with Crippen molar-refractivity contribution in [3.8, 4) is 11.5 Å². The van der Waals surface area contributed by atoms with Crippen LogP contribution in [0, 0.1) is 5.92 Å². The van der Waals surface area contributed by atoms with Crippen molar-refractivity contribution in [2.45, 2.75) is 32.6 Å². The van der Waals surface area contributed by atoms with Crippen molar-refractivity contribution in [1.82, 2.24) is 5.32 Å². The van der Waals surface area contributed by atoms with Crippen LogP contribution in [0.4, 0.5) is 0 Å². The second-order valence-electron chi connectivity index (χ2n) is 5.80. The molecule has 4 heteroatoms. The molecule has 22 heavy (non-hydrogen) atoms. The molecule has 1 N–H and O–H groups in total. The maximum Gasteiger partial charge on any atom is 0.244 e. The average molecular weight is 303 g/mol. The lowest BCUT2D eigenvalue weighted by molar-refractivity contribution is -0.116. The Labute approximate surface area is 132 Å². The number of nitrogens with one attached hydrogen (secondary N) is 1. The summed E-state index contributed by atoms with van der Waals surface area (Å²) in [4.78, 5) is 11.8. The van der Waals surface area contributed by atoms with Crippen LogP contribution in [0.5, 0.6) is 11.5 Å². The highest BCUT2D eigenvalue weighted by atomic mass is 16.5. The third-order valence-corrected chi connectivity index (χ3v) is 3.96. The number of hydrogen-bond acceptors (Lipinski definition) is 3. The Morgan fingerprint density at radius 3 is 2.77 bits per heavy atom. The summed E-state index contributed by atoms with van der Waals surface area (Å²) >= 11 is 0. The Morgan fingerprint density at radius 1 is 1.32 bits per heavy atom. The molecule has 2 rings (SSSR count). The van der Waals surface area contributed by atoms with Gasteiger partial charge in [-0.3, -0.25) is 4.79 Å². The highest BCUT2D eigenvalue weighted by molar-refractivity contribution is 5.88. The fourth-order valence-electron chi connectivity index (χ4n) is 2.55. The van der Waals surface area contributed by atoms with Crippen LogP contribution in [-0.2, 0) is 4.79 Å². The van der Waals surface area contributed by atoms with E-state index in [1.165, 1.54) is 18.4 Å². The zero-order valence-corrected chi connectivity index (χ0v) is 13.4. The molecular weight excluding hydrogens is 278 g/mol. The Morgan fingerprint density at radius 2 is 2.05 bits per heavy atom. The maximum absolute atomic E-state index is 11.8. The first kappa shape index (κ1) is 16.4. The summed E-state index contributed by atoms with van der Waals surface area (Å²) in [5.74, 6) is 2.28. The summed E-state index contributed by atoms with van der Waals surface area (Å²) < 4.78 is 10.7. The molecule has 0 unspecified atom stereocenters. The molecule has 0 atom stereocenters. The fourth-order valence-corrected chi connectivity index (χ4v) is 2.55. The van der Waals surface area contributed by atoms with E-state index in [0.29, 0.717) is 13.2 Å². The number of amides is 1. The molecule has 0 spiro atoms.